The van der Waals surface area contributed by atoms with Gasteiger partial charge < -0.3 is 10.1 Å². The first-order valence-corrected chi connectivity index (χ1v) is 10.8. The van der Waals surface area contributed by atoms with Crippen LogP contribution in [0.4, 0.5) is 4.39 Å². The molecule has 0 radical (unpaired) electrons. The largest absolute Gasteiger partial charge is 0.439 e. The Hall–Kier alpha value is -2.82. The number of nitrogens with zero attached hydrogens (tertiary/aromatic N) is 1. The third-order valence-corrected chi connectivity index (χ3v) is 6.67. The summed E-state index contributed by atoms with van der Waals surface area (Å²) in [5.41, 5.74) is 0.634. The van der Waals surface area contributed by atoms with Gasteiger partial charge >= 0.3 is 0 Å². The second kappa shape index (κ2) is 9.12. The maximum atomic E-state index is 13.2. The lowest BCUT2D eigenvalue weighted by molar-refractivity contribution is -0.119. The molecule has 0 aliphatic heterocycles. The molecule has 0 bridgehead atoms. The molecule has 0 saturated carbocycles. The minimum absolute atomic E-state index is 0.0501. The van der Waals surface area contributed by atoms with Gasteiger partial charge in [0.1, 0.15) is 15.8 Å². The summed E-state index contributed by atoms with van der Waals surface area (Å²) in [6.07, 6.45) is 1.48. The number of hydrogen-bond donors (Lipinski definition) is 2. The van der Waals surface area contributed by atoms with Gasteiger partial charge in [0.25, 0.3) is 0 Å². The molecule has 29 heavy (non-hydrogen) atoms. The van der Waals surface area contributed by atoms with Crippen LogP contribution in [0.3, 0.4) is 0 Å². The van der Waals surface area contributed by atoms with E-state index in [-0.39, 0.29) is 29.1 Å². The molecule has 0 unspecified atom stereocenters. The fraction of sp³-hybridized carbons (Fsp3) is 0.158. The van der Waals surface area contributed by atoms with Gasteiger partial charge in [0.05, 0.1) is 6.54 Å². The number of benzene rings is 1. The summed E-state index contributed by atoms with van der Waals surface area (Å²) in [6, 6.07) is 12.1. The summed E-state index contributed by atoms with van der Waals surface area (Å²) < 4.78 is 46.2. The average Bonchev–Trinajstić information content (AvgIpc) is 3.16. The average molecular weight is 436 g/mol. The Morgan fingerprint density at radius 2 is 2.00 bits per heavy atom. The van der Waals surface area contributed by atoms with Crippen LogP contribution in [0.1, 0.15) is 17.4 Å². The van der Waals surface area contributed by atoms with Crippen LogP contribution >= 0.6 is 11.3 Å². The van der Waals surface area contributed by atoms with E-state index >= 15 is 0 Å². The van der Waals surface area contributed by atoms with Crippen molar-refractivity contribution in [1.29, 1.82) is 0 Å². The summed E-state index contributed by atoms with van der Waals surface area (Å²) in [7, 11) is -3.68. The third kappa shape index (κ3) is 6.08. The highest BCUT2D eigenvalue weighted by atomic mass is 32.2. The monoisotopic (exact) mass is 435 g/mol. The molecule has 3 rings (SSSR count). The van der Waals surface area contributed by atoms with Crippen molar-refractivity contribution >= 4 is 27.3 Å². The number of thiophene rings is 1. The Morgan fingerprint density at radius 3 is 2.69 bits per heavy atom. The Kier molecular flexibility index (Phi) is 6.57. The molecule has 0 aliphatic rings. The van der Waals surface area contributed by atoms with E-state index in [4.69, 9.17) is 4.74 Å². The van der Waals surface area contributed by atoms with E-state index < -0.39 is 15.8 Å². The number of pyridine rings is 1. The molecule has 0 spiro atoms. The smallest absolute Gasteiger partial charge is 0.250 e. The van der Waals surface area contributed by atoms with Crippen LogP contribution in [0.25, 0.3) is 0 Å². The fourth-order valence-electron chi connectivity index (χ4n) is 2.29. The number of carbonyl (C=O) groups is 1. The molecule has 2 N–H and O–H groups in total. The van der Waals surface area contributed by atoms with Crippen molar-refractivity contribution in [2.24, 2.45) is 0 Å². The summed E-state index contributed by atoms with van der Waals surface area (Å²) >= 11 is 1.09. The molecule has 0 atom stereocenters. The van der Waals surface area contributed by atoms with Crippen LogP contribution in [0.5, 0.6) is 11.6 Å². The SMILES string of the molecule is CC(=O)NCc1ccc(S(=O)(=O)NCc2ccc(Oc3cccc(F)c3)nc2)s1. The third-order valence-electron chi connectivity index (χ3n) is 3.70. The van der Waals surface area contributed by atoms with E-state index in [1.807, 2.05) is 0 Å². The van der Waals surface area contributed by atoms with E-state index in [0.717, 1.165) is 16.2 Å². The summed E-state index contributed by atoms with van der Waals surface area (Å²) in [5.74, 6) is -0.0117. The normalized spacial score (nSPS) is 11.2. The number of aromatic nitrogens is 1. The molecule has 2 aromatic heterocycles. The van der Waals surface area contributed by atoms with E-state index in [0.29, 0.717) is 11.3 Å². The van der Waals surface area contributed by atoms with Gasteiger partial charge in [-0.1, -0.05) is 12.1 Å². The Labute approximate surface area is 171 Å². The highest BCUT2D eigenvalue weighted by Gasteiger charge is 2.16. The van der Waals surface area contributed by atoms with Crippen molar-refractivity contribution in [2.75, 3.05) is 0 Å². The number of ether oxygens (including phenoxy) is 1. The Bertz CT molecular complexity index is 1100. The number of amides is 1. The van der Waals surface area contributed by atoms with Crippen LogP contribution in [0.2, 0.25) is 0 Å². The molecule has 1 amide bonds. The molecular formula is C19H18FN3O4S2. The van der Waals surface area contributed by atoms with Crippen LogP contribution in [0.15, 0.2) is 58.9 Å². The molecule has 0 aliphatic carbocycles. The molecule has 2 heterocycles. The van der Waals surface area contributed by atoms with Gasteiger partial charge in [-0.3, -0.25) is 4.79 Å². The topological polar surface area (TPSA) is 97.4 Å². The summed E-state index contributed by atoms with van der Waals surface area (Å²) in [4.78, 5) is 15.8. The van der Waals surface area contributed by atoms with Crippen LogP contribution in [-0.4, -0.2) is 19.3 Å². The number of rotatable bonds is 8. The Balaban J connectivity index is 1.58. The van der Waals surface area contributed by atoms with Gasteiger partial charge in [-0.25, -0.2) is 22.5 Å². The van der Waals surface area contributed by atoms with Crippen molar-refractivity contribution in [3.63, 3.8) is 0 Å². The van der Waals surface area contributed by atoms with Crippen molar-refractivity contribution in [3.8, 4) is 11.6 Å². The van der Waals surface area contributed by atoms with Crippen LogP contribution in [-0.2, 0) is 27.9 Å². The molecule has 7 nitrogen and oxygen atoms in total. The summed E-state index contributed by atoms with van der Waals surface area (Å²) in [5, 5.41) is 2.63. The number of nitrogens with one attached hydrogen (secondary N) is 2. The summed E-state index contributed by atoms with van der Waals surface area (Å²) in [6.45, 7) is 1.73. The number of sulfonamides is 1. The van der Waals surface area contributed by atoms with Gasteiger partial charge in [0.15, 0.2) is 0 Å². The zero-order valence-corrected chi connectivity index (χ0v) is 17.0. The first-order chi connectivity index (χ1) is 13.8. The predicted molar refractivity (Wildman–Crippen MR) is 107 cm³/mol. The molecule has 1 aromatic carbocycles. The van der Waals surface area contributed by atoms with Gasteiger partial charge in [0.2, 0.25) is 21.8 Å². The number of halogens is 1. The second-order valence-electron chi connectivity index (χ2n) is 6.02. The number of carbonyl (C=O) groups excluding carboxylic acids is 1. The van der Waals surface area contributed by atoms with E-state index in [1.54, 1.807) is 24.3 Å². The quantitative estimate of drug-likeness (QED) is 0.566. The lowest BCUT2D eigenvalue weighted by atomic mass is 10.3. The standard InChI is InChI=1S/C19H18FN3O4S2/c1-13(24)21-12-17-6-8-19(28-17)29(25,26)23-11-14-5-7-18(22-10-14)27-16-4-2-3-15(20)9-16/h2-10,23H,11-12H2,1H3,(H,21,24). The lowest BCUT2D eigenvalue weighted by Gasteiger charge is -2.07. The van der Waals surface area contributed by atoms with Gasteiger partial charge in [-0.15, -0.1) is 11.3 Å². The highest BCUT2D eigenvalue weighted by Crippen LogP contribution is 2.22. The van der Waals surface area contributed by atoms with Crippen molar-refractivity contribution in [3.05, 3.63) is 71.0 Å². The zero-order valence-electron chi connectivity index (χ0n) is 15.4. The van der Waals surface area contributed by atoms with E-state index in [2.05, 4.69) is 15.0 Å². The molecule has 152 valence electrons. The first kappa shape index (κ1) is 20.9. The van der Waals surface area contributed by atoms with Crippen LogP contribution in [0, 0.1) is 5.82 Å². The molecule has 10 heteroatoms. The number of hydrogen-bond acceptors (Lipinski definition) is 6. The fourth-order valence-corrected chi connectivity index (χ4v) is 4.64. The highest BCUT2D eigenvalue weighted by molar-refractivity contribution is 7.91. The minimum Gasteiger partial charge on any atom is -0.439 e. The molecule has 0 saturated heterocycles. The van der Waals surface area contributed by atoms with Crippen molar-refractivity contribution in [2.45, 2.75) is 24.2 Å². The first-order valence-electron chi connectivity index (χ1n) is 8.53. The lowest BCUT2D eigenvalue weighted by Crippen LogP contribution is -2.22. The Morgan fingerprint density at radius 1 is 1.17 bits per heavy atom. The van der Waals surface area contributed by atoms with Crippen LogP contribution < -0.4 is 14.8 Å². The maximum Gasteiger partial charge on any atom is 0.250 e. The predicted octanol–water partition coefficient (Wildman–Crippen LogP) is 3.19. The van der Waals surface area contributed by atoms with Gasteiger partial charge in [-0.05, 0) is 29.8 Å². The minimum atomic E-state index is -3.68. The molecule has 3 aromatic rings. The van der Waals surface area contributed by atoms with E-state index in [9.17, 15) is 17.6 Å². The molecular weight excluding hydrogens is 417 g/mol. The van der Waals surface area contributed by atoms with E-state index in [1.165, 1.54) is 37.4 Å². The maximum absolute atomic E-state index is 13.2. The molecule has 0 fully saturated rings. The zero-order chi connectivity index (χ0) is 20.9. The van der Waals surface area contributed by atoms with Crippen molar-refractivity contribution in [1.82, 2.24) is 15.0 Å². The van der Waals surface area contributed by atoms with Gasteiger partial charge in [0, 0.05) is 36.7 Å². The second-order valence-corrected chi connectivity index (χ2v) is 9.18. The van der Waals surface area contributed by atoms with Gasteiger partial charge in [-0.2, -0.15) is 0 Å². The van der Waals surface area contributed by atoms with Crippen molar-refractivity contribution < 1.29 is 22.3 Å².